The molecule has 0 saturated heterocycles. The molecule has 1 saturated carbocycles. The first-order valence-corrected chi connectivity index (χ1v) is 7.28. The van der Waals surface area contributed by atoms with Crippen molar-refractivity contribution in [1.82, 2.24) is 5.43 Å². The van der Waals surface area contributed by atoms with Gasteiger partial charge in [0.15, 0.2) is 0 Å². The standard InChI is InChI=1S/C17H15N3O3/c21-17(15-10-14(15)12-6-2-1-3-7-12)19-18-11-13-8-4-5-9-16(13)20(22)23/h1-9,11,14-15H,10H2,(H,19,21)/t14-,15-/m1/s1. The van der Waals surface area contributed by atoms with Gasteiger partial charge in [0.05, 0.1) is 16.7 Å². The zero-order valence-electron chi connectivity index (χ0n) is 12.3. The summed E-state index contributed by atoms with van der Waals surface area (Å²) in [6.45, 7) is 0. The Morgan fingerprint density at radius 1 is 1.17 bits per heavy atom. The number of carbonyl (C=O) groups is 1. The van der Waals surface area contributed by atoms with Gasteiger partial charge in [-0.05, 0) is 24.0 Å². The highest BCUT2D eigenvalue weighted by Gasteiger charge is 2.43. The second-order valence-electron chi connectivity index (χ2n) is 5.41. The molecule has 0 heterocycles. The van der Waals surface area contributed by atoms with Crippen molar-refractivity contribution in [3.8, 4) is 0 Å². The molecule has 2 aromatic carbocycles. The molecule has 1 aliphatic rings. The van der Waals surface area contributed by atoms with Gasteiger partial charge < -0.3 is 0 Å². The van der Waals surface area contributed by atoms with Gasteiger partial charge in [-0.1, -0.05) is 42.5 Å². The van der Waals surface area contributed by atoms with Crippen LogP contribution in [0.1, 0.15) is 23.5 Å². The van der Waals surface area contributed by atoms with Crippen LogP contribution in [0.3, 0.4) is 0 Å². The van der Waals surface area contributed by atoms with E-state index in [9.17, 15) is 14.9 Å². The van der Waals surface area contributed by atoms with E-state index < -0.39 is 4.92 Å². The summed E-state index contributed by atoms with van der Waals surface area (Å²) in [4.78, 5) is 22.5. The number of benzene rings is 2. The maximum absolute atomic E-state index is 12.0. The first-order valence-electron chi connectivity index (χ1n) is 7.28. The van der Waals surface area contributed by atoms with E-state index in [1.807, 2.05) is 30.3 Å². The molecule has 1 N–H and O–H groups in total. The molecule has 6 heteroatoms. The largest absolute Gasteiger partial charge is 0.278 e. The van der Waals surface area contributed by atoms with Crippen molar-refractivity contribution in [1.29, 1.82) is 0 Å². The smallest absolute Gasteiger partial charge is 0.273 e. The molecule has 1 aliphatic carbocycles. The molecule has 0 bridgehead atoms. The molecule has 2 atom stereocenters. The summed E-state index contributed by atoms with van der Waals surface area (Å²) in [7, 11) is 0. The zero-order valence-corrected chi connectivity index (χ0v) is 12.3. The second-order valence-corrected chi connectivity index (χ2v) is 5.41. The number of hydrazone groups is 1. The quantitative estimate of drug-likeness (QED) is 0.523. The molecule has 1 amide bonds. The highest BCUT2D eigenvalue weighted by Crippen LogP contribution is 2.47. The number of carbonyl (C=O) groups excluding carboxylic acids is 1. The number of para-hydroxylation sites is 1. The van der Waals surface area contributed by atoms with Gasteiger partial charge in [-0.2, -0.15) is 5.10 Å². The van der Waals surface area contributed by atoms with E-state index in [4.69, 9.17) is 0 Å². The fraction of sp³-hybridized carbons (Fsp3) is 0.176. The van der Waals surface area contributed by atoms with Crippen LogP contribution in [-0.2, 0) is 4.79 Å². The van der Waals surface area contributed by atoms with E-state index >= 15 is 0 Å². The Hall–Kier alpha value is -3.02. The number of nitro groups is 1. The maximum atomic E-state index is 12.0. The Kier molecular flexibility index (Phi) is 4.14. The predicted molar refractivity (Wildman–Crippen MR) is 86.1 cm³/mol. The molecule has 3 rings (SSSR count). The van der Waals surface area contributed by atoms with Gasteiger partial charge in [-0.25, -0.2) is 5.43 Å². The van der Waals surface area contributed by atoms with E-state index in [0.717, 1.165) is 12.0 Å². The van der Waals surface area contributed by atoms with E-state index in [0.29, 0.717) is 5.56 Å². The monoisotopic (exact) mass is 309 g/mol. The maximum Gasteiger partial charge on any atom is 0.278 e. The van der Waals surface area contributed by atoms with Crippen LogP contribution in [-0.4, -0.2) is 17.0 Å². The SMILES string of the molecule is O=C(NN=Cc1ccccc1[N+](=O)[O-])[C@@H]1C[C@@H]1c1ccccc1. The van der Waals surface area contributed by atoms with E-state index in [1.54, 1.807) is 18.2 Å². The summed E-state index contributed by atoms with van der Waals surface area (Å²) in [5, 5.41) is 14.7. The molecule has 0 unspecified atom stereocenters. The van der Waals surface area contributed by atoms with E-state index in [-0.39, 0.29) is 23.4 Å². The third-order valence-electron chi connectivity index (χ3n) is 3.87. The van der Waals surface area contributed by atoms with Gasteiger partial charge in [-0.3, -0.25) is 14.9 Å². The highest BCUT2D eigenvalue weighted by molar-refractivity contribution is 5.88. The Bertz CT molecular complexity index is 759. The van der Waals surface area contributed by atoms with Crippen molar-refractivity contribution in [3.05, 3.63) is 75.8 Å². The molecule has 1 fully saturated rings. The lowest BCUT2D eigenvalue weighted by Crippen LogP contribution is -2.20. The van der Waals surface area contributed by atoms with Crippen molar-refractivity contribution in [2.24, 2.45) is 11.0 Å². The van der Waals surface area contributed by atoms with Crippen LogP contribution < -0.4 is 5.43 Å². The minimum absolute atomic E-state index is 0.0425. The fourth-order valence-corrected chi connectivity index (χ4v) is 2.56. The van der Waals surface area contributed by atoms with Gasteiger partial charge in [0.1, 0.15) is 0 Å². The summed E-state index contributed by atoms with van der Waals surface area (Å²) >= 11 is 0. The molecule has 116 valence electrons. The third-order valence-corrected chi connectivity index (χ3v) is 3.87. The summed E-state index contributed by atoms with van der Waals surface area (Å²) in [6.07, 6.45) is 2.10. The first-order chi connectivity index (χ1) is 11.2. The molecule has 6 nitrogen and oxygen atoms in total. The minimum atomic E-state index is -0.477. The number of nitro benzene ring substituents is 1. The molecule has 2 aromatic rings. The van der Waals surface area contributed by atoms with Gasteiger partial charge in [0.25, 0.3) is 5.69 Å². The molecule has 23 heavy (non-hydrogen) atoms. The lowest BCUT2D eigenvalue weighted by atomic mass is 10.1. The first kappa shape index (κ1) is 14.9. The Morgan fingerprint density at radius 2 is 1.87 bits per heavy atom. The molecule has 0 aromatic heterocycles. The Morgan fingerprint density at radius 3 is 2.61 bits per heavy atom. The molecular weight excluding hydrogens is 294 g/mol. The lowest BCUT2D eigenvalue weighted by Gasteiger charge is -2.00. The summed E-state index contributed by atoms with van der Waals surface area (Å²) < 4.78 is 0. The summed E-state index contributed by atoms with van der Waals surface area (Å²) in [6, 6.07) is 16.1. The summed E-state index contributed by atoms with van der Waals surface area (Å²) in [5.74, 6) is -0.00791. The van der Waals surface area contributed by atoms with E-state index in [1.165, 1.54) is 12.3 Å². The van der Waals surface area contributed by atoms with Gasteiger partial charge in [-0.15, -0.1) is 0 Å². The molecule has 0 spiro atoms. The van der Waals surface area contributed by atoms with E-state index in [2.05, 4.69) is 10.5 Å². The lowest BCUT2D eigenvalue weighted by molar-refractivity contribution is -0.385. The highest BCUT2D eigenvalue weighted by atomic mass is 16.6. The topological polar surface area (TPSA) is 84.6 Å². The van der Waals surface area contributed by atoms with Gasteiger partial charge >= 0.3 is 0 Å². The van der Waals surface area contributed by atoms with Crippen LogP contribution in [0.2, 0.25) is 0 Å². The third kappa shape index (κ3) is 3.42. The molecule has 0 aliphatic heterocycles. The van der Waals surface area contributed by atoms with Crippen LogP contribution in [0, 0.1) is 16.0 Å². The van der Waals surface area contributed by atoms with Crippen LogP contribution in [0.25, 0.3) is 0 Å². The number of hydrogen-bond acceptors (Lipinski definition) is 4. The van der Waals surface area contributed by atoms with Crippen molar-refractivity contribution in [3.63, 3.8) is 0 Å². The van der Waals surface area contributed by atoms with Crippen molar-refractivity contribution in [2.45, 2.75) is 12.3 Å². The zero-order chi connectivity index (χ0) is 16.2. The van der Waals surface area contributed by atoms with Crippen LogP contribution in [0.5, 0.6) is 0 Å². The van der Waals surface area contributed by atoms with Crippen molar-refractivity contribution >= 4 is 17.8 Å². The minimum Gasteiger partial charge on any atom is -0.273 e. The number of rotatable bonds is 5. The Balaban J connectivity index is 1.59. The number of hydrogen-bond donors (Lipinski definition) is 1. The molecular formula is C17H15N3O3. The van der Waals surface area contributed by atoms with Crippen molar-refractivity contribution in [2.75, 3.05) is 0 Å². The number of nitrogens with zero attached hydrogens (tertiary/aromatic N) is 2. The Labute approximate surface area is 133 Å². The van der Waals surface area contributed by atoms with Crippen LogP contribution in [0.4, 0.5) is 5.69 Å². The van der Waals surface area contributed by atoms with Gasteiger partial charge in [0.2, 0.25) is 5.91 Å². The average Bonchev–Trinajstić information content (AvgIpc) is 3.36. The average molecular weight is 309 g/mol. The fourth-order valence-electron chi connectivity index (χ4n) is 2.56. The number of nitrogens with one attached hydrogen (secondary N) is 1. The normalized spacial score (nSPS) is 19.5. The number of amides is 1. The second kappa shape index (κ2) is 6.39. The molecule has 0 radical (unpaired) electrons. The van der Waals surface area contributed by atoms with Crippen molar-refractivity contribution < 1.29 is 9.72 Å². The predicted octanol–water partition coefficient (Wildman–Crippen LogP) is 2.85. The van der Waals surface area contributed by atoms with Crippen LogP contribution >= 0.6 is 0 Å². The van der Waals surface area contributed by atoms with Crippen LogP contribution in [0.15, 0.2) is 59.7 Å². The summed E-state index contributed by atoms with van der Waals surface area (Å²) in [5.41, 5.74) is 3.93. The van der Waals surface area contributed by atoms with Gasteiger partial charge in [0, 0.05) is 12.0 Å².